The van der Waals surface area contributed by atoms with Crippen molar-refractivity contribution in [2.24, 2.45) is 7.05 Å². The van der Waals surface area contributed by atoms with E-state index in [1.807, 2.05) is 0 Å². The van der Waals surface area contributed by atoms with Gasteiger partial charge < -0.3 is 0 Å². The van der Waals surface area contributed by atoms with E-state index in [9.17, 15) is 0 Å². The molecular formula is C19H20N+. The highest BCUT2D eigenvalue weighted by Crippen LogP contribution is 2.29. The second-order valence-electron chi connectivity index (χ2n) is 5.64. The van der Waals surface area contributed by atoms with Gasteiger partial charge in [0.15, 0.2) is 6.20 Å². The first-order chi connectivity index (χ1) is 9.58. The van der Waals surface area contributed by atoms with Crippen LogP contribution >= 0.6 is 0 Å². The third-order valence-electron chi connectivity index (χ3n) is 4.00. The molecule has 0 aliphatic heterocycles. The number of rotatable bonds is 1. The quantitative estimate of drug-likeness (QED) is 0.577. The highest BCUT2D eigenvalue weighted by molar-refractivity contribution is 5.95. The van der Waals surface area contributed by atoms with Crippen LogP contribution in [0.15, 0.2) is 48.7 Å². The summed E-state index contributed by atoms with van der Waals surface area (Å²) >= 11 is 0. The fourth-order valence-electron chi connectivity index (χ4n) is 2.98. The van der Waals surface area contributed by atoms with E-state index in [2.05, 4.69) is 81.0 Å². The monoisotopic (exact) mass is 262 g/mol. The SMILES string of the molecule is Cc1ccc2c(-c3ccccc3C)[n+](C)cc(C)c2c1. The zero-order valence-electron chi connectivity index (χ0n) is 12.6. The van der Waals surface area contributed by atoms with E-state index >= 15 is 0 Å². The van der Waals surface area contributed by atoms with Crippen molar-refractivity contribution >= 4 is 10.8 Å². The van der Waals surface area contributed by atoms with Crippen molar-refractivity contribution in [3.05, 3.63) is 65.4 Å². The van der Waals surface area contributed by atoms with Crippen molar-refractivity contribution in [1.29, 1.82) is 0 Å². The predicted molar refractivity (Wildman–Crippen MR) is 84.8 cm³/mol. The van der Waals surface area contributed by atoms with E-state index in [0.717, 1.165) is 0 Å². The molecule has 0 saturated heterocycles. The Bertz CT molecular complexity index is 800. The zero-order valence-corrected chi connectivity index (χ0v) is 12.6. The highest BCUT2D eigenvalue weighted by atomic mass is 14.9. The molecule has 100 valence electrons. The molecule has 3 aromatic rings. The van der Waals surface area contributed by atoms with Crippen LogP contribution in [0.5, 0.6) is 0 Å². The van der Waals surface area contributed by atoms with Gasteiger partial charge in [0.25, 0.3) is 0 Å². The average molecular weight is 262 g/mol. The first kappa shape index (κ1) is 12.9. The molecule has 3 rings (SSSR count). The predicted octanol–water partition coefficient (Wildman–Crippen LogP) is 4.26. The summed E-state index contributed by atoms with van der Waals surface area (Å²) in [7, 11) is 2.13. The second kappa shape index (κ2) is 4.75. The Morgan fingerprint density at radius 1 is 0.800 bits per heavy atom. The summed E-state index contributed by atoms with van der Waals surface area (Å²) in [5, 5.41) is 2.67. The maximum Gasteiger partial charge on any atom is 0.220 e. The van der Waals surface area contributed by atoms with Crippen LogP contribution in [0.25, 0.3) is 22.0 Å². The van der Waals surface area contributed by atoms with Gasteiger partial charge in [-0.1, -0.05) is 35.9 Å². The van der Waals surface area contributed by atoms with Crippen LogP contribution in [-0.2, 0) is 7.05 Å². The summed E-state index contributed by atoms with van der Waals surface area (Å²) in [5.41, 5.74) is 6.55. The number of hydrogen-bond donors (Lipinski definition) is 0. The number of pyridine rings is 1. The van der Waals surface area contributed by atoms with Crippen molar-refractivity contribution in [2.45, 2.75) is 20.8 Å². The van der Waals surface area contributed by atoms with E-state index in [1.165, 1.54) is 38.7 Å². The van der Waals surface area contributed by atoms with Gasteiger partial charge in [-0.2, -0.15) is 0 Å². The molecule has 1 heterocycles. The van der Waals surface area contributed by atoms with Gasteiger partial charge in [0, 0.05) is 11.1 Å². The molecule has 0 amide bonds. The van der Waals surface area contributed by atoms with E-state index in [0.29, 0.717) is 0 Å². The lowest BCUT2D eigenvalue weighted by Crippen LogP contribution is -2.31. The van der Waals surface area contributed by atoms with Crippen LogP contribution in [0.4, 0.5) is 0 Å². The normalized spacial score (nSPS) is 11.0. The smallest absolute Gasteiger partial charge is 0.200 e. The molecule has 0 unspecified atom stereocenters. The van der Waals surface area contributed by atoms with Gasteiger partial charge in [-0.3, -0.25) is 0 Å². The summed E-state index contributed by atoms with van der Waals surface area (Å²) < 4.78 is 2.25. The van der Waals surface area contributed by atoms with Crippen LogP contribution in [0, 0.1) is 20.8 Å². The third kappa shape index (κ3) is 2.00. The Labute approximate surface area is 120 Å². The first-order valence-electron chi connectivity index (χ1n) is 7.03. The topological polar surface area (TPSA) is 3.88 Å². The average Bonchev–Trinajstić information content (AvgIpc) is 2.41. The van der Waals surface area contributed by atoms with Crippen molar-refractivity contribution < 1.29 is 4.57 Å². The van der Waals surface area contributed by atoms with Crippen molar-refractivity contribution in [2.75, 3.05) is 0 Å². The second-order valence-corrected chi connectivity index (χ2v) is 5.64. The molecule has 0 aliphatic carbocycles. The van der Waals surface area contributed by atoms with Crippen LogP contribution in [0.2, 0.25) is 0 Å². The summed E-state index contributed by atoms with van der Waals surface area (Å²) in [4.78, 5) is 0. The van der Waals surface area contributed by atoms with E-state index < -0.39 is 0 Å². The number of aryl methyl sites for hydroxylation is 4. The molecule has 1 nitrogen and oxygen atoms in total. The minimum atomic E-state index is 1.30. The fraction of sp³-hybridized carbons (Fsp3) is 0.211. The van der Waals surface area contributed by atoms with Gasteiger partial charge in [0.1, 0.15) is 7.05 Å². The lowest BCUT2D eigenvalue weighted by atomic mass is 9.97. The number of hydrogen-bond acceptors (Lipinski definition) is 0. The third-order valence-corrected chi connectivity index (χ3v) is 4.00. The summed E-state index contributed by atoms with van der Waals surface area (Å²) in [6, 6.07) is 15.3. The van der Waals surface area contributed by atoms with Crippen molar-refractivity contribution in [1.82, 2.24) is 0 Å². The lowest BCUT2D eigenvalue weighted by molar-refractivity contribution is -0.659. The fourth-order valence-corrected chi connectivity index (χ4v) is 2.98. The van der Waals surface area contributed by atoms with Crippen molar-refractivity contribution in [3.8, 4) is 11.3 Å². The summed E-state index contributed by atoms with van der Waals surface area (Å²) in [5.74, 6) is 0. The summed E-state index contributed by atoms with van der Waals surface area (Å²) in [6.45, 7) is 6.51. The number of benzene rings is 2. The molecule has 0 radical (unpaired) electrons. The van der Waals surface area contributed by atoms with Crippen LogP contribution in [0.3, 0.4) is 0 Å². The van der Waals surface area contributed by atoms with Gasteiger partial charge in [-0.25, -0.2) is 4.57 Å². The maximum atomic E-state index is 2.28. The van der Waals surface area contributed by atoms with Gasteiger partial charge >= 0.3 is 0 Å². The molecule has 20 heavy (non-hydrogen) atoms. The Kier molecular flexibility index (Phi) is 3.06. The highest BCUT2D eigenvalue weighted by Gasteiger charge is 2.18. The minimum absolute atomic E-state index is 1.30. The molecule has 0 fully saturated rings. The lowest BCUT2D eigenvalue weighted by Gasteiger charge is -2.10. The molecule has 1 heteroatoms. The number of fused-ring (bicyclic) bond motifs is 1. The molecule has 0 saturated carbocycles. The van der Waals surface area contributed by atoms with Crippen LogP contribution < -0.4 is 4.57 Å². The van der Waals surface area contributed by atoms with E-state index in [1.54, 1.807) is 0 Å². The molecule has 1 aromatic heterocycles. The van der Waals surface area contributed by atoms with Crippen molar-refractivity contribution in [3.63, 3.8) is 0 Å². The molecule has 2 aromatic carbocycles. The number of aromatic nitrogens is 1. The first-order valence-corrected chi connectivity index (χ1v) is 7.03. The Hall–Kier alpha value is -2.15. The molecule has 0 bridgehead atoms. The largest absolute Gasteiger partial charge is 0.220 e. The molecule has 0 spiro atoms. The standard InChI is InChI=1S/C19H20N/c1-13-9-10-17-18(11-13)15(3)12-20(4)19(17)16-8-6-5-7-14(16)2/h5-12H,1-4H3/q+1. The Morgan fingerprint density at radius 2 is 1.55 bits per heavy atom. The van der Waals surface area contributed by atoms with Crippen LogP contribution in [0.1, 0.15) is 16.7 Å². The molecule has 0 N–H and O–H groups in total. The number of nitrogens with zero attached hydrogens (tertiary/aromatic N) is 1. The van der Waals surface area contributed by atoms with Gasteiger partial charge in [0.05, 0.1) is 5.39 Å². The Morgan fingerprint density at radius 3 is 2.30 bits per heavy atom. The van der Waals surface area contributed by atoms with E-state index in [-0.39, 0.29) is 0 Å². The van der Waals surface area contributed by atoms with Crippen LogP contribution in [-0.4, -0.2) is 0 Å². The molecular weight excluding hydrogens is 242 g/mol. The maximum absolute atomic E-state index is 2.28. The van der Waals surface area contributed by atoms with Gasteiger partial charge in [0.2, 0.25) is 5.69 Å². The van der Waals surface area contributed by atoms with Gasteiger partial charge in [-0.15, -0.1) is 0 Å². The summed E-state index contributed by atoms with van der Waals surface area (Å²) in [6.07, 6.45) is 2.23. The zero-order chi connectivity index (χ0) is 14.3. The Balaban J connectivity index is 2.45. The minimum Gasteiger partial charge on any atom is -0.200 e. The molecule has 0 aliphatic rings. The van der Waals surface area contributed by atoms with Gasteiger partial charge in [-0.05, 0) is 43.9 Å². The molecule has 0 atom stereocenters. The van der Waals surface area contributed by atoms with E-state index in [4.69, 9.17) is 0 Å².